The number of anilines is 2. The van der Waals surface area contributed by atoms with Crippen LogP contribution in [0.15, 0.2) is 29.1 Å². The number of carboxylic acids is 1. The summed E-state index contributed by atoms with van der Waals surface area (Å²) in [6.07, 6.45) is 1.41. The van der Waals surface area contributed by atoms with E-state index in [0.717, 1.165) is 11.3 Å². The van der Waals surface area contributed by atoms with Crippen LogP contribution in [0.25, 0.3) is 11.8 Å². The van der Waals surface area contributed by atoms with E-state index < -0.39 is 28.6 Å². The number of nitrogens with one attached hydrogen (secondary N) is 2. The van der Waals surface area contributed by atoms with Gasteiger partial charge in [-0.1, -0.05) is 6.07 Å². The first-order chi connectivity index (χ1) is 13.6. The third-order valence-corrected chi connectivity index (χ3v) is 4.94. The van der Waals surface area contributed by atoms with E-state index in [2.05, 4.69) is 10.6 Å². The maximum atomic E-state index is 12.5. The van der Waals surface area contributed by atoms with Crippen LogP contribution >= 0.6 is 11.3 Å². The van der Waals surface area contributed by atoms with Gasteiger partial charge < -0.3 is 20.8 Å². The van der Waals surface area contributed by atoms with Crippen molar-refractivity contribution >= 4 is 46.4 Å². The standard InChI is InChI=1S/C19H20N4O5S/c1-4-23-15(24)14(29-16(23)13(9-20)17(25)26)10-21-11-6-5-7-12(8-11)22-18(27)19(2,3)28/h5-8,10,21,28H,4H2,1-3H3,(H,22,27)(H,25,26). The average Bonchev–Trinajstić information content (AvgIpc) is 2.95. The van der Waals surface area contributed by atoms with E-state index in [1.54, 1.807) is 37.3 Å². The number of carboxylic acid groups (broad SMARTS) is 1. The van der Waals surface area contributed by atoms with Crippen LogP contribution in [0.2, 0.25) is 0 Å². The predicted octanol–water partition coefficient (Wildman–Crippen LogP) is 0.248. The molecule has 0 bridgehead atoms. The van der Waals surface area contributed by atoms with Gasteiger partial charge in [-0.3, -0.25) is 14.2 Å². The number of nitrogens with zero attached hydrogens (tertiary/aromatic N) is 2. The zero-order valence-corrected chi connectivity index (χ0v) is 16.8. The van der Waals surface area contributed by atoms with Gasteiger partial charge in [-0.2, -0.15) is 5.26 Å². The number of aromatic nitrogens is 1. The topological polar surface area (TPSA) is 144 Å². The van der Waals surface area contributed by atoms with E-state index in [-0.39, 0.29) is 15.7 Å². The minimum Gasteiger partial charge on any atom is -0.477 e. The summed E-state index contributed by atoms with van der Waals surface area (Å²) in [5.74, 6) is -1.97. The fraction of sp³-hybridized carbons (Fsp3) is 0.263. The second-order valence-corrected chi connectivity index (χ2v) is 7.53. The van der Waals surface area contributed by atoms with E-state index in [0.29, 0.717) is 11.4 Å². The zero-order chi connectivity index (χ0) is 21.8. The predicted molar refractivity (Wildman–Crippen MR) is 110 cm³/mol. The van der Waals surface area contributed by atoms with Gasteiger partial charge in [0.05, 0.1) is 0 Å². The van der Waals surface area contributed by atoms with Crippen LogP contribution in [0.4, 0.5) is 11.4 Å². The molecule has 1 amide bonds. The third-order valence-electron chi connectivity index (χ3n) is 3.81. The summed E-state index contributed by atoms with van der Waals surface area (Å²) in [5, 5.41) is 33.5. The number of thiazole rings is 1. The van der Waals surface area contributed by atoms with Crippen LogP contribution < -0.4 is 25.4 Å². The summed E-state index contributed by atoms with van der Waals surface area (Å²) in [4.78, 5) is 35.6. The Morgan fingerprint density at radius 1 is 1.34 bits per heavy atom. The summed E-state index contributed by atoms with van der Waals surface area (Å²) in [7, 11) is 0. The average molecular weight is 416 g/mol. The Labute approximate surface area is 169 Å². The highest BCUT2D eigenvalue weighted by atomic mass is 32.1. The first-order valence-corrected chi connectivity index (χ1v) is 9.38. The van der Waals surface area contributed by atoms with Crippen LogP contribution in [0, 0.1) is 11.3 Å². The number of benzene rings is 1. The number of rotatable bonds is 6. The Morgan fingerprint density at radius 3 is 2.55 bits per heavy atom. The molecule has 0 saturated carbocycles. The number of aliphatic carboxylic acids is 1. The molecule has 10 heteroatoms. The van der Waals surface area contributed by atoms with Crippen molar-refractivity contribution in [3.8, 4) is 6.07 Å². The molecule has 0 atom stereocenters. The van der Waals surface area contributed by atoms with Gasteiger partial charge in [0, 0.05) is 24.1 Å². The van der Waals surface area contributed by atoms with Crippen molar-refractivity contribution in [1.82, 2.24) is 4.57 Å². The highest BCUT2D eigenvalue weighted by molar-refractivity contribution is 7.07. The van der Waals surface area contributed by atoms with Crippen LogP contribution in [0.5, 0.6) is 0 Å². The summed E-state index contributed by atoms with van der Waals surface area (Å²) in [5.41, 5.74) is -1.45. The number of carbonyl (C=O) groups is 2. The fourth-order valence-electron chi connectivity index (χ4n) is 2.30. The molecule has 0 radical (unpaired) electrons. The van der Waals surface area contributed by atoms with Gasteiger partial charge in [0.25, 0.3) is 11.5 Å². The van der Waals surface area contributed by atoms with Gasteiger partial charge in [0.15, 0.2) is 5.57 Å². The van der Waals surface area contributed by atoms with Gasteiger partial charge in [0.1, 0.15) is 20.9 Å². The van der Waals surface area contributed by atoms with Gasteiger partial charge in [-0.05, 0) is 39.0 Å². The molecule has 4 N–H and O–H groups in total. The Morgan fingerprint density at radius 2 is 2.00 bits per heavy atom. The first kappa shape index (κ1) is 21.9. The lowest BCUT2D eigenvalue weighted by Gasteiger charge is -2.16. The van der Waals surface area contributed by atoms with Crippen molar-refractivity contribution in [2.24, 2.45) is 0 Å². The quantitative estimate of drug-likeness (QED) is 0.528. The number of amides is 1. The van der Waals surface area contributed by atoms with Crippen molar-refractivity contribution in [3.05, 3.63) is 43.8 Å². The van der Waals surface area contributed by atoms with Crippen LogP contribution in [-0.4, -0.2) is 32.3 Å². The largest absolute Gasteiger partial charge is 0.477 e. The highest BCUT2D eigenvalue weighted by Gasteiger charge is 2.23. The Hall–Kier alpha value is -3.42. The third kappa shape index (κ3) is 5.10. The Bertz CT molecular complexity index is 1160. The normalized spacial score (nSPS) is 12.9. The molecule has 1 heterocycles. The lowest BCUT2D eigenvalue weighted by Crippen LogP contribution is -2.36. The fourth-order valence-corrected chi connectivity index (χ4v) is 3.38. The number of aliphatic hydroxyl groups is 1. The molecule has 2 aromatic rings. The molecule has 0 saturated heterocycles. The van der Waals surface area contributed by atoms with E-state index >= 15 is 0 Å². The number of hydrogen-bond acceptors (Lipinski definition) is 7. The number of carbonyl (C=O) groups excluding carboxylic acids is 1. The summed E-state index contributed by atoms with van der Waals surface area (Å²) < 4.78 is 1.53. The van der Waals surface area contributed by atoms with Gasteiger partial charge >= 0.3 is 5.97 Å². The molecule has 0 spiro atoms. The maximum absolute atomic E-state index is 12.5. The van der Waals surface area contributed by atoms with E-state index in [9.17, 15) is 19.5 Å². The van der Waals surface area contributed by atoms with E-state index in [1.165, 1.54) is 24.6 Å². The minimum atomic E-state index is -1.53. The monoisotopic (exact) mass is 416 g/mol. The van der Waals surface area contributed by atoms with Crippen molar-refractivity contribution in [2.45, 2.75) is 32.9 Å². The van der Waals surface area contributed by atoms with Gasteiger partial charge in [-0.15, -0.1) is 11.3 Å². The van der Waals surface area contributed by atoms with Crippen molar-refractivity contribution in [3.63, 3.8) is 0 Å². The second-order valence-electron chi connectivity index (χ2n) is 6.50. The molecule has 0 aliphatic heterocycles. The molecule has 1 aromatic carbocycles. The molecular formula is C19H20N4O5S. The molecule has 0 aliphatic carbocycles. The molecule has 9 nitrogen and oxygen atoms in total. The molecule has 152 valence electrons. The smallest absolute Gasteiger partial charge is 0.349 e. The molecule has 0 fully saturated rings. The number of hydrogen-bond donors (Lipinski definition) is 4. The van der Waals surface area contributed by atoms with Crippen LogP contribution in [0.1, 0.15) is 20.8 Å². The molecule has 2 rings (SSSR count). The lowest BCUT2D eigenvalue weighted by molar-refractivity contribution is -0.131. The van der Waals surface area contributed by atoms with Crippen molar-refractivity contribution in [1.29, 1.82) is 5.26 Å². The first-order valence-electron chi connectivity index (χ1n) is 8.56. The molecule has 0 unspecified atom stereocenters. The molecular weight excluding hydrogens is 396 g/mol. The maximum Gasteiger partial charge on any atom is 0.349 e. The van der Waals surface area contributed by atoms with Crippen molar-refractivity contribution in [2.75, 3.05) is 10.6 Å². The summed E-state index contributed by atoms with van der Waals surface area (Å²) in [6, 6.07) is 8.24. The van der Waals surface area contributed by atoms with Gasteiger partial charge in [-0.25, -0.2) is 4.79 Å². The SMILES string of the molecule is CCn1c(=C(C#N)C(=O)O)sc(=CNc2cccc(NC(=O)C(C)(C)O)c2)c1=O. The lowest BCUT2D eigenvalue weighted by atomic mass is 10.1. The van der Waals surface area contributed by atoms with E-state index in [1.807, 2.05) is 0 Å². The molecule has 0 aliphatic rings. The highest BCUT2D eigenvalue weighted by Crippen LogP contribution is 2.16. The minimum absolute atomic E-state index is 0.0757. The van der Waals surface area contributed by atoms with Crippen LogP contribution in [0.3, 0.4) is 0 Å². The second kappa shape index (κ2) is 8.72. The Balaban J connectivity index is 2.41. The molecule has 1 aromatic heterocycles. The van der Waals surface area contributed by atoms with Gasteiger partial charge in [0.2, 0.25) is 0 Å². The van der Waals surface area contributed by atoms with Crippen LogP contribution in [-0.2, 0) is 16.1 Å². The molecule has 29 heavy (non-hydrogen) atoms. The number of nitriles is 1. The zero-order valence-electron chi connectivity index (χ0n) is 16.0. The Kier molecular flexibility index (Phi) is 6.58. The summed E-state index contributed by atoms with van der Waals surface area (Å²) >= 11 is 0.898. The van der Waals surface area contributed by atoms with Crippen molar-refractivity contribution < 1.29 is 19.8 Å². The van der Waals surface area contributed by atoms with E-state index in [4.69, 9.17) is 10.4 Å². The summed E-state index contributed by atoms with van der Waals surface area (Å²) in [6.45, 7) is 4.64.